The number of nitrogens with two attached hydrogens (primary N) is 1. The van der Waals surface area contributed by atoms with E-state index in [1.54, 1.807) is 17.8 Å². The van der Waals surface area contributed by atoms with Crippen molar-refractivity contribution in [3.05, 3.63) is 42.0 Å². The van der Waals surface area contributed by atoms with Gasteiger partial charge in [-0.15, -0.1) is 11.8 Å². The van der Waals surface area contributed by atoms with Gasteiger partial charge in [-0.3, -0.25) is 4.68 Å². The minimum Gasteiger partial charge on any atom is -0.396 e. The standard InChI is InChI=1S/C15H20FN3S/c1-3-12(4-2)19-8-7-11(18-19)10-20-13-5-6-15(17)14(16)9-13/h5-9,12H,3-4,10,17H2,1-2H3. The number of benzene rings is 1. The summed E-state index contributed by atoms with van der Waals surface area (Å²) in [6.45, 7) is 4.34. The smallest absolute Gasteiger partial charge is 0.147 e. The predicted molar refractivity (Wildman–Crippen MR) is 82.2 cm³/mol. The van der Waals surface area contributed by atoms with Gasteiger partial charge in [0.15, 0.2) is 0 Å². The number of hydrogen-bond donors (Lipinski definition) is 1. The van der Waals surface area contributed by atoms with Crippen molar-refractivity contribution < 1.29 is 4.39 Å². The van der Waals surface area contributed by atoms with Crippen LogP contribution in [0.15, 0.2) is 35.4 Å². The third-order valence-electron chi connectivity index (χ3n) is 3.34. The van der Waals surface area contributed by atoms with Gasteiger partial charge in [-0.05, 0) is 37.1 Å². The van der Waals surface area contributed by atoms with Gasteiger partial charge in [-0.1, -0.05) is 13.8 Å². The highest BCUT2D eigenvalue weighted by Gasteiger charge is 2.08. The Hall–Kier alpha value is -1.49. The molecule has 2 aromatic rings. The van der Waals surface area contributed by atoms with Crippen molar-refractivity contribution in [1.29, 1.82) is 0 Å². The van der Waals surface area contributed by atoms with E-state index in [1.807, 2.05) is 23.0 Å². The first-order chi connectivity index (χ1) is 9.63. The lowest BCUT2D eigenvalue weighted by molar-refractivity contribution is 0.426. The van der Waals surface area contributed by atoms with Gasteiger partial charge in [0.25, 0.3) is 0 Å². The number of aromatic nitrogens is 2. The summed E-state index contributed by atoms with van der Waals surface area (Å²) in [5.74, 6) is 0.369. The summed E-state index contributed by atoms with van der Waals surface area (Å²) in [4.78, 5) is 0.869. The molecule has 2 N–H and O–H groups in total. The lowest BCUT2D eigenvalue weighted by Crippen LogP contribution is -2.07. The number of nitrogen functional groups attached to an aromatic ring is 1. The molecule has 0 saturated carbocycles. The van der Waals surface area contributed by atoms with Crippen LogP contribution in [0.5, 0.6) is 0 Å². The lowest BCUT2D eigenvalue weighted by Gasteiger charge is -2.12. The Kier molecular flexibility index (Phi) is 5.06. The van der Waals surface area contributed by atoms with Crippen LogP contribution >= 0.6 is 11.8 Å². The Morgan fingerprint density at radius 3 is 2.70 bits per heavy atom. The van der Waals surface area contributed by atoms with Crippen LogP contribution in [0.25, 0.3) is 0 Å². The summed E-state index contributed by atoms with van der Waals surface area (Å²) in [6.07, 6.45) is 4.18. The van der Waals surface area contributed by atoms with Crippen LogP contribution in [0.4, 0.5) is 10.1 Å². The fourth-order valence-electron chi connectivity index (χ4n) is 2.08. The molecule has 0 amide bonds. The van der Waals surface area contributed by atoms with E-state index in [0.717, 1.165) is 29.2 Å². The molecular weight excluding hydrogens is 273 g/mol. The van der Waals surface area contributed by atoms with Crippen LogP contribution in [-0.4, -0.2) is 9.78 Å². The molecule has 0 bridgehead atoms. The molecule has 0 saturated heterocycles. The van der Waals surface area contributed by atoms with Gasteiger partial charge >= 0.3 is 0 Å². The van der Waals surface area contributed by atoms with Gasteiger partial charge in [0.1, 0.15) is 5.82 Å². The first-order valence-electron chi connectivity index (χ1n) is 6.85. The number of nitrogens with zero attached hydrogens (tertiary/aromatic N) is 2. The van der Waals surface area contributed by atoms with Gasteiger partial charge in [-0.2, -0.15) is 5.10 Å². The third-order valence-corrected chi connectivity index (χ3v) is 4.37. The number of rotatable bonds is 6. The normalized spacial score (nSPS) is 11.2. The molecule has 3 nitrogen and oxygen atoms in total. The number of hydrogen-bond acceptors (Lipinski definition) is 3. The van der Waals surface area contributed by atoms with Crippen molar-refractivity contribution >= 4 is 17.4 Å². The van der Waals surface area contributed by atoms with Crippen LogP contribution in [0.2, 0.25) is 0 Å². The second kappa shape index (κ2) is 6.79. The molecule has 0 aliphatic heterocycles. The second-order valence-electron chi connectivity index (χ2n) is 4.73. The van der Waals surface area contributed by atoms with Crippen LogP contribution in [-0.2, 0) is 5.75 Å². The molecule has 108 valence electrons. The van der Waals surface area contributed by atoms with Crippen molar-refractivity contribution in [3.8, 4) is 0 Å². The molecule has 5 heteroatoms. The highest BCUT2D eigenvalue weighted by atomic mass is 32.2. The van der Waals surface area contributed by atoms with Gasteiger partial charge in [0, 0.05) is 16.8 Å². The average Bonchev–Trinajstić information content (AvgIpc) is 2.90. The zero-order chi connectivity index (χ0) is 14.5. The molecule has 1 heterocycles. The van der Waals surface area contributed by atoms with Crippen LogP contribution in [0.3, 0.4) is 0 Å². The molecule has 1 aromatic carbocycles. The zero-order valence-electron chi connectivity index (χ0n) is 11.8. The molecule has 0 fully saturated rings. The quantitative estimate of drug-likeness (QED) is 0.639. The van der Waals surface area contributed by atoms with Gasteiger partial charge in [0.2, 0.25) is 0 Å². The van der Waals surface area contributed by atoms with E-state index >= 15 is 0 Å². The molecule has 0 aliphatic rings. The van der Waals surface area contributed by atoms with E-state index in [1.165, 1.54) is 6.07 Å². The lowest BCUT2D eigenvalue weighted by atomic mass is 10.2. The van der Waals surface area contributed by atoms with Crippen molar-refractivity contribution in [3.63, 3.8) is 0 Å². The van der Waals surface area contributed by atoms with Crippen molar-refractivity contribution in [2.75, 3.05) is 5.73 Å². The SMILES string of the molecule is CCC(CC)n1ccc(CSc2ccc(N)c(F)c2)n1. The van der Waals surface area contributed by atoms with Crippen molar-refractivity contribution in [1.82, 2.24) is 9.78 Å². The summed E-state index contributed by atoms with van der Waals surface area (Å²) < 4.78 is 15.4. The maximum absolute atomic E-state index is 13.3. The maximum Gasteiger partial charge on any atom is 0.147 e. The molecular formula is C15H20FN3S. The van der Waals surface area contributed by atoms with Gasteiger partial charge < -0.3 is 5.73 Å². The largest absolute Gasteiger partial charge is 0.396 e. The van der Waals surface area contributed by atoms with Crippen molar-refractivity contribution in [2.24, 2.45) is 0 Å². The minimum absolute atomic E-state index is 0.187. The van der Waals surface area contributed by atoms with E-state index < -0.39 is 0 Å². The Bertz CT molecular complexity index is 564. The topological polar surface area (TPSA) is 43.8 Å². The average molecular weight is 293 g/mol. The molecule has 0 atom stereocenters. The zero-order valence-corrected chi connectivity index (χ0v) is 12.7. The highest BCUT2D eigenvalue weighted by Crippen LogP contribution is 2.25. The Labute approximate surface area is 123 Å². The predicted octanol–water partition coefficient (Wildman–Crippen LogP) is 4.26. The number of thioether (sulfide) groups is 1. The van der Waals surface area contributed by atoms with Gasteiger partial charge in [-0.25, -0.2) is 4.39 Å². The molecule has 0 radical (unpaired) electrons. The molecule has 1 aromatic heterocycles. The summed E-state index contributed by atoms with van der Waals surface area (Å²) in [5.41, 5.74) is 6.66. The first-order valence-corrected chi connectivity index (χ1v) is 7.84. The minimum atomic E-state index is -0.363. The third kappa shape index (κ3) is 3.54. The van der Waals surface area contributed by atoms with Gasteiger partial charge in [0.05, 0.1) is 17.4 Å². The van der Waals surface area contributed by atoms with E-state index in [-0.39, 0.29) is 11.5 Å². The fraction of sp³-hybridized carbons (Fsp3) is 0.400. The Balaban J connectivity index is 1.98. The second-order valence-corrected chi connectivity index (χ2v) is 5.78. The summed E-state index contributed by atoms with van der Waals surface area (Å²) in [7, 11) is 0. The van der Waals surface area contributed by atoms with E-state index in [9.17, 15) is 4.39 Å². The van der Waals surface area contributed by atoms with Crippen LogP contribution in [0, 0.1) is 5.82 Å². The maximum atomic E-state index is 13.3. The van der Waals surface area contributed by atoms with E-state index in [2.05, 4.69) is 18.9 Å². The molecule has 20 heavy (non-hydrogen) atoms. The highest BCUT2D eigenvalue weighted by molar-refractivity contribution is 7.98. The fourth-order valence-corrected chi connectivity index (χ4v) is 2.90. The van der Waals surface area contributed by atoms with Crippen molar-refractivity contribution in [2.45, 2.75) is 43.4 Å². The van der Waals surface area contributed by atoms with E-state index in [0.29, 0.717) is 6.04 Å². The first kappa shape index (κ1) is 14.9. The molecule has 0 aliphatic carbocycles. The Morgan fingerprint density at radius 2 is 2.05 bits per heavy atom. The summed E-state index contributed by atoms with van der Waals surface area (Å²) in [6, 6.07) is 7.39. The monoisotopic (exact) mass is 293 g/mol. The Morgan fingerprint density at radius 1 is 1.30 bits per heavy atom. The van der Waals surface area contributed by atoms with Crippen LogP contribution in [0.1, 0.15) is 38.4 Å². The van der Waals surface area contributed by atoms with E-state index in [4.69, 9.17) is 5.73 Å². The summed E-state index contributed by atoms with van der Waals surface area (Å²) >= 11 is 1.57. The molecule has 2 rings (SSSR count). The summed E-state index contributed by atoms with van der Waals surface area (Å²) in [5, 5.41) is 4.58. The number of anilines is 1. The molecule has 0 unspecified atom stereocenters. The van der Waals surface area contributed by atoms with Crippen LogP contribution < -0.4 is 5.73 Å². The number of halogens is 1. The molecule has 0 spiro atoms.